The molecule has 0 amide bonds. The van der Waals surface area contributed by atoms with Crippen molar-refractivity contribution in [3.63, 3.8) is 0 Å². The first-order chi connectivity index (χ1) is 16.4. The first kappa shape index (κ1) is 21.0. The Morgan fingerprint density at radius 1 is 0.971 bits per heavy atom. The topological polar surface area (TPSA) is 42.1 Å². The first-order valence-corrected chi connectivity index (χ1v) is 13.6. The first-order valence-electron chi connectivity index (χ1n) is 13.6. The highest BCUT2D eigenvalue weighted by Gasteiger charge is 2.60. The molecule has 0 unspecified atom stereocenters. The van der Waals surface area contributed by atoms with Crippen LogP contribution in [-0.2, 0) is 21.4 Å². The van der Waals surface area contributed by atoms with Gasteiger partial charge < -0.3 is 9.72 Å². The van der Waals surface area contributed by atoms with Crippen LogP contribution in [0.15, 0.2) is 36.4 Å². The summed E-state index contributed by atoms with van der Waals surface area (Å²) in [4.78, 5) is 15.6. The second kappa shape index (κ2) is 7.12. The predicted octanol–water partition coefficient (Wildman–Crippen LogP) is 7.31. The number of aromatic amines is 1. The van der Waals surface area contributed by atoms with Crippen molar-refractivity contribution < 1.29 is 9.53 Å². The van der Waals surface area contributed by atoms with Crippen LogP contribution in [0.25, 0.3) is 21.7 Å². The zero-order valence-electron chi connectivity index (χ0n) is 20.8. The number of nitrogens with one attached hydrogen (secondary N) is 1. The van der Waals surface area contributed by atoms with E-state index in [4.69, 9.17) is 4.74 Å². The minimum atomic E-state index is -0.108. The molecule has 0 radical (unpaired) electrons. The van der Waals surface area contributed by atoms with Gasteiger partial charge in [-0.25, -0.2) is 0 Å². The third kappa shape index (κ3) is 2.73. The molecule has 3 fully saturated rings. The van der Waals surface area contributed by atoms with Crippen LogP contribution in [0.2, 0.25) is 0 Å². The van der Waals surface area contributed by atoms with Crippen LogP contribution in [0.3, 0.4) is 0 Å². The van der Waals surface area contributed by atoms with Gasteiger partial charge in [0.05, 0.1) is 5.52 Å². The monoisotopic (exact) mass is 455 g/mol. The van der Waals surface area contributed by atoms with Crippen molar-refractivity contribution in [1.29, 1.82) is 0 Å². The molecule has 7 rings (SSSR count). The lowest BCUT2D eigenvalue weighted by Gasteiger charge is -2.60. The molecule has 4 aliphatic carbocycles. The molecule has 4 aliphatic rings. The van der Waals surface area contributed by atoms with Crippen LogP contribution < -0.4 is 0 Å². The maximum Gasteiger partial charge on any atom is 0.302 e. The number of carbonyl (C=O) groups excluding carboxylic acids is 1. The summed E-state index contributed by atoms with van der Waals surface area (Å²) in [5.41, 5.74) is 5.20. The lowest BCUT2D eigenvalue weighted by molar-refractivity contribution is -0.157. The van der Waals surface area contributed by atoms with Gasteiger partial charge in [-0.2, -0.15) is 0 Å². The molecule has 1 aromatic heterocycles. The van der Waals surface area contributed by atoms with E-state index in [-0.39, 0.29) is 17.5 Å². The van der Waals surface area contributed by atoms with Gasteiger partial charge in [-0.3, -0.25) is 4.79 Å². The normalized spacial score (nSPS) is 38.7. The summed E-state index contributed by atoms with van der Waals surface area (Å²) in [7, 11) is 0. The Hall–Kier alpha value is -2.29. The van der Waals surface area contributed by atoms with Crippen molar-refractivity contribution >= 4 is 27.6 Å². The Labute approximate surface area is 202 Å². The summed E-state index contributed by atoms with van der Waals surface area (Å²) in [5, 5.41) is 4.15. The van der Waals surface area contributed by atoms with Crippen LogP contribution >= 0.6 is 0 Å². The molecule has 1 N–H and O–H groups in total. The molecular formula is C31H37NO2. The van der Waals surface area contributed by atoms with Crippen molar-refractivity contribution in [3.05, 3.63) is 47.7 Å². The number of benzene rings is 2. The van der Waals surface area contributed by atoms with E-state index >= 15 is 0 Å². The fourth-order valence-electron chi connectivity index (χ4n) is 9.48. The number of hydrogen-bond acceptors (Lipinski definition) is 2. The van der Waals surface area contributed by atoms with Crippen LogP contribution in [0.4, 0.5) is 0 Å². The molecule has 3 saturated carbocycles. The number of ether oxygens (including phenoxy) is 1. The fourth-order valence-corrected chi connectivity index (χ4v) is 9.48. The molecular weight excluding hydrogens is 418 g/mol. The van der Waals surface area contributed by atoms with Crippen molar-refractivity contribution in [2.24, 2.45) is 29.1 Å². The molecule has 2 aromatic carbocycles. The lowest BCUT2D eigenvalue weighted by Crippen LogP contribution is -2.54. The third-order valence-electron chi connectivity index (χ3n) is 11.1. The fraction of sp³-hybridized carbons (Fsp3) is 0.581. The number of carbonyl (C=O) groups is 1. The number of aromatic nitrogens is 1. The van der Waals surface area contributed by atoms with Gasteiger partial charge in [0.2, 0.25) is 0 Å². The number of hydrogen-bond donors (Lipinski definition) is 1. The van der Waals surface area contributed by atoms with Crippen molar-refractivity contribution in [3.8, 4) is 0 Å². The zero-order chi connectivity index (χ0) is 23.2. The molecule has 7 atom stereocenters. The minimum Gasteiger partial charge on any atom is -0.463 e. The van der Waals surface area contributed by atoms with Crippen LogP contribution in [0.5, 0.6) is 0 Å². The Kier molecular flexibility index (Phi) is 4.40. The molecule has 178 valence electrons. The maximum atomic E-state index is 11.6. The Bertz CT molecular complexity index is 1310. The van der Waals surface area contributed by atoms with E-state index < -0.39 is 0 Å². The van der Waals surface area contributed by atoms with Crippen LogP contribution in [0, 0.1) is 29.1 Å². The van der Waals surface area contributed by atoms with Gasteiger partial charge in [-0.05, 0) is 91.4 Å². The number of H-pyrrole nitrogens is 1. The Balaban J connectivity index is 1.22. The molecule has 34 heavy (non-hydrogen) atoms. The molecule has 3 nitrogen and oxygen atoms in total. The second-order valence-corrected chi connectivity index (χ2v) is 12.5. The maximum absolute atomic E-state index is 11.6. The average molecular weight is 456 g/mol. The summed E-state index contributed by atoms with van der Waals surface area (Å²) in [6.07, 6.45) is 10.0. The van der Waals surface area contributed by atoms with E-state index in [0.29, 0.717) is 11.3 Å². The van der Waals surface area contributed by atoms with E-state index in [1.807, 2.05) is 0 Å². The SMILES string of the molecule is CC(=O)O[C@H]1CC[C@@]2(C)[C@@H](CC[C@@H]3[C@@H]2CC[C@]2(C)c4[nH]c5c(ccc6ccccc65)c4C[C@@H]32)C1. The molecule has 0 aliphatic heterocycles. The van der Waals surface area contributed by atoms with Crippen molar-refractivity contribution in [2.45, 2.75) is 83.7 Å². The zero-order valence-corrected chi connectivity index (χ0v) is 20.8. The van der Waals surface area contributed by atoms with Gasteiger partial charge in [0.1, 0.15) is 6.10 Å². The summed E-state index contributed by atoms with van der Waals surface area (Å²) >= 11 is 0. The quantitative estimate of drug-likeness (QED) is 0.391. The Morgan fingerprint density at radius 2 is 1.82 bits per heavy atom. The number of rotatable bonds is 1. The molecule has 3 heteroatoms. The highest BCUT2D eigenvalue weighted by atomic mass is 16.5. The van der Waals surface area contributed by atoms with Crippen LogP contribution in [0.1, 0.15) is 77.0 Å². The highest BCUT2D eigenvalue weighted by Crippen LogP contribution is 2.66. The minimum absolute atomic E-state index is 0.108. The van der Waals surface area contributed by atoms with Gasteiger partial charge in [0, 0.05) is 28.8 Å². The van der Waals surface area contributed by atoms with Crippen molar-refractivity contribution in [1.82, 2.24) is 4.98 Å². The molecule has 0 spiro atoms. The summed E-state index contributed by atoms with van der Waals surface area (Å²) in [5.74, 6) is 3.00. The van der Waals surface area contributed by atoms with E-state index in [2.05, 4.69) is 55.2 Å². The van der Waals surface area contributed by atoms with Crippen LogP contribution in [-0.4, -0.2) is 17.1 Å². The van der Waals surface area contributed by atoms with Crippen molar-refractivity contribution in [2.75, 3.05) is 0 Å². The van der Waals surface area contributed by atoms with E-state index in [1.54, 1.807) is 18.2 Å². The van der Waals surface area contributed by atoms with Gasteiger partial charge in [0.25, 0.3) is 0 Å². The van der Waals surface area contributed by atoms with E-state index in [9.17, 15) is 4.79 Å². The van der Waals surface area contributed by atoms with E-state index in [1.165, 1.54) is 60.2 Å². The highest BCUT2D eigenvalue weighted by molar-refractivity contribution is 6.07. The predicted molar refractivity (Wildman–Crippen MR) is 137 cm³/mol. The summed E-state index contributed by atoms with van der Waals surface area (Å²) < 4.78 is 5.67. The Morgan fingerprint density at radius 3 is 2.68 bits per heavy atom. The smallest absolute Gasteiger partial charge is 0.302 e. The largest absolute Gasteiger partial charge is 0.463 e. The molecule has 3 aromatic rings. The average Bonchev–Trinajstić information content (AvgIpc) is 3.34. The van der Waals surface area contributed by atoms with Gasteiger partial charge >= 0.3 is 5.97 Å². The van der Waals surface area contributed by atoms with E-state index in [0.717, 1.165) is 30.6 Å². The lowest BCUT2D eigenvalue weighted by atomic mass is 9.45. The molecule has 0 bridgehead atoms. The second-order valence-electron chi connectivity index (χ2n) is 12.5. The number of esters is 1. The third-order valence-corrected chi connectivity index (χ3v) is 11.1. The van der Waals surface area contributed by atoms with Gasteiger partial charge in [-0.15, -0.1) is 0 Å². The number of fused-ring (bicyclic) bond motifs is 11. The molecule has 0 saturated heterocycles. The molecule has 1 heterocycles. The summed E-state index contributed by atoms with van der Waals surface area (Å²) in [6, 6.07) is 13.5. The van der Waals surface area contributed by atoms with Gasteiger partial charge in [-0.1, -0.05) is 50.2 Å². The summed E-state index contributed by atoms with van der Waals surface area (Å²) in [6.45, 7) is 6.73. The standard InChI is InChI=1S/C31H37NO2/c1-18(33)34-21-12-14-30(2)20(16-21)9-11-24-26(30)13-15-31(3)27(24)17-25-23-10-8-19-6-4-5-7-22(19)28(23)32-29(25)31/h4-8,10,20-21,24,26-27,32H,9,11-17H2,1-3H3/t20-,21-,24+,26-,27-,30-,31-/m0/s1. The van der Waals surface area contributed by atoms with Gasteiger partial charge in [0.15, 0.2) is 0 Å².